The van der Waals surface area contributed by atoms with E-state index >= 15 is 0 Å². The van der Waals surface area contributed by atoms with Crippen LogP contribution in [-0.2, 0) is 4.79 Å². The smallest absolute Gasteiger partial charge is 0.217 e. The Morgan fingerprint density at radius 3 is 3.00 bits per heavy atom. The molecule has 9 heavy (non-hydrogen) atoms. The van der Waals surface area contributed by atoms with Crippen molar-refractivity contribution in [3.63, 3.8) is 0 Å². The Balaban J connectivity index is 2.41. The van der Waals surface area contributed by atoms with Gasteiger partial charge in [-0.15, -0.1) is 0 Å². The molecule has 0 aromatic heterocycles. The number of nitrogens with zero attached hydrogens (tertiary/aromatic N) is 1. The normalized spacial score (nSPS) is 28.8. The standard InChI is InChI=1S/C6H10NO2/c8-4-6-2-1-3-7(6)5-9/h6,9H,1-3,5H2. The molecule has 1 heterocycles. The highest BCUT2D eigenvalue weighted by atomic mass is 16.3. The Morgan fingerprint density at radius 1 is 1.78 bits per heavy atom. The lowest BCUT2D eigenvalue weighted by Gasteiger charge is -2.14. The summed E-state index contributed by atoms with van der Waals surface area (Å²) >= 11 is 0. The number of hydrogen-bond donors (Lipinski definition) is 1. The molecule has 1 atom stereocenters. The minimum Gasteiger partial charge on any atom is -0.381 e. The lowest BCUT2D eigenvalue weighted by Crippen LogP contribution is -2.30. The fraction of sp³-hybridized carbons (Fsp3) is 0.833. The predicted molar refractivity (Wildman–Crippen MR) is 32.5 cm³/mol. The van der Waals surface area contributed by atoms with Gasteiger partial charge in [-0.25, -0.2) is 0 Å². The van der Waals surface area contributed by atoms with Gasteiger partial charge < -0.3 is 5.11 Å². The van der Waals surface area contributed by atoms with Crippen LogP contribution < -0.4 is 0 Å². The second-order valence-corrected chi connectivity index (χ2v) is 2.23. The predicted octanol–water partition coefficient (Wildman–Crippen LogP) is -0.490. The van der Waals surface area contributed by atoms with E-state index in [0.717, 1.165) is 19.4 Å². The van der Waals surface area contributed by atoms with E-state index in [9.17, 15) is 4.79 Å². The minimum absolute atomic E-state index is 0.0140. The van der Waals surface area contributed by atoms with Gasteiger partial charge in [-0.05, 0) is 12.8 Å². The van der Waals surface area contributed by atoms with Crippen LogP contribution in [0, 0.1) is 0 Å². The molecule has 1 radical (unpaired) electrons. The van der Waals surface area contributed by atoms with Crippen LogP contribution in [0.1, 0.15) is 12.8 Å². The fourth-order valence-corrected chi connectivity index (χ4v) is 1.13. The monoisotopic (exact) mass is 128 g/mol. The highest BCUT2D eigenvalue weighted by Gasteiger charge is 2.22. The number of aliphatic hydroxyl groups excluding tert-OH is 1. The number of rotatable bonds is 2. The van der Waals surface area contributed by atoms with Crippen molar-refractivity contribution in [2.45, 2.75) is 18.9 Å². The number of hydrogen-bond acceptors (Lipinski definition) is 3. The summed E-state index contributed by atoms with van der Waals surface area (Å²) in [6.45, 7) is 0.816. The summed E-state index contributed by atoms with van der Waals surface area (Å²) < 4.78 is 0. The van der Waals surface area contributed by atoms with Crippen LogP contribution >= 0.6 is 0 Å². The molecular weight excluding hydrogens is 118 g/mol. The van der Waals surface area contributed by atoms with Crippen molar-refractivity contribution >= 4 is 6.29 Å². The van der Waals surface area contributed by atoms with E-state index < -0.39 is 0 Å². The third-order valence-corrected chi connectivity index (χ3v) is 1.68. The number of likely N-dealkylation sites (tertiary alicyclic amines) is 1. The molecule has 0 aliphatic carbocycles. The van der Waals surface area contributed by atoms with Gasteiger partial charge in [0.25, 0.3) is 0 Å². The molecule has 3 heteroatoms. The largest absolute Gasteiger partial charge is 0.381 e. The molecule has 0 aromatic rings. The van der Waals surface area contributed by atoms with Crippen molar-refractivity contribution in [3.05, 3.63) is 0 Å². The molecule has 3 nitrogen and oxygen atoms in total. The first-order valence-electron chi connectivity index (χ1n) is 3.11. The molecule has 1 aliphatic rings. The van der Waals surface area contributed by atoms with Crippen LogP contribution in [0.3, 0.4) is 0 Å². The molecule has 0 amide bonds. The average Bonchev–Trinajstić information content (AvgIpc) is 2.33. The highest BCUT2D eigenvalue weighted by Crippen LogP contribution is 2.13. The van der Waals surface area contributed by atoms with Gasteiger partial charge in [-0.1, -0.05) is 0 Å². The van der Waals surface area contributed by atoms with E-state index in [1.54, 1.807) is 4.90 Å². The first kappa shape index (κ1) is 6.71. The quantitative estimate of drug-likeness (QED) is 0.545. The Bertz CT molecular complexity index is 105. The van der Waals surface area contributed by atoms with Crippen molar-refractivity contribution in [1.29, 1.82) is 0 Å². The Kier molecular flexibility index (Phi) is 2.19. The van der Waals surface area contributed by atoms with Gasteiger partial charge in [0.05, 0.1) is 12.8 Å². The topological polar surface area (TPSA) is 40.5 Å². The van der Waals surface area contributed by atoms with E-state index in [-0.39, 0.29) is 12.8 Å². The molecule has 51 valence electrons. The fourth-order valence-electron chi connectivity index (χ4n) is 1.13. The average molecular weight is 128 g/mol. The van der Waals surface area contributed by atoms with Crippen LogP contribution in [0.5, 0.6) is 0 Å². The molecule has 1 aliphatic heterocycles. The van der Waals surface area contributed by atoms with E-state index in [1.165, 1.54) is 0 Å². The number of aliphatic hydroxyl groups is 1. The zero-order valence-electron chi connectivity index (χ0n) is 5.21. The Labute approximate surface area is 54.3 Å². The van der Waals surface area contributed by atoms with Gasteiger partial charge in [0.1, 0.15) is 0 Å². The van der Waals surface area contributed by atoms with E-state index in [0.29, 0.717) is 0 Å². The summed E-state index contributed by atoms with van der Waals surface area (Å²) in [6.07, 6.45) is 3.73. The zero-order valence-corrected chi connectivity index (χ0v) is 5.21. The summed E-state index contributed by atoms with van der Waals surface area (Å²) in [5.41, 5.74) is 0. The van der Waals surface area contributed by atoms with Crippen LogP contribution in [0.25, 0.3) is 0 Å². The molecule has 0 aromatic carbocycles. The van der Waals surface area contributed by atoms with Gasteiger partial charge in [-0.3, -0.25) is 9.69 Å². The van der Waals surface area contributed by atoms with Crippen LogP contribution in [-0.4, -0.2) is 35.6 Å². The van der Waals surface area contributed by atoms with Crippen LogP contribution in [0.2, 0.25) is 0 Å². The first-order valence-corrected chi connectivity index (χ1v) is 3.11. The maximum atomic E-state index is 10.1. The molecule has 1 rings (SSSR count). The molecular formula is C6H10NO2. The second-order valence-electron chi connectivity index (χ2n) is 2.23. The summed E-state index contributed by atoms with van der Waals surface area (Å²) in [5.74, 6) is 0. The summed E-state index contributed by atoms with van der Waals surface area (Å²) in [4.78, 5) is 11.8. The van der Waals surface area contributed by atoms with Crippen molar-refractivity contribution in [2.75, 3.05) is 13.3 Å². The third kappa shape index (κ3) is 1.28. The highest BCUT2D eigenvalue weighted by molar-refractivity contribution is 5.58. The van der Waals surface area contributed by atoms with E-state index in [4.69, 9.17) is 5.11 Å². The van der Waals surface area contributed by atoms with E-state index in [1.807, 2.05) is 6.29 Å². The van der Waals surface area contributed by atoms with Crippen molar-refractivity contribution in [3.8, 4) is 0 Å². The molecule has 1 N–H and O–H groups in total. The van der Waals surface area contributed by atoms with Crippen LogP contribution in [0.4, 0.5) is 0 Å². The maximum Gasteiger partial charge on any atom is 0.217 e. The lowest BCUT2D eigenvalue weighted by molar-refractivity contribution is 0.115. The van der Waals surface area contributed by atoms with Gasteiger partial charge >= 0.3 is 0 Å². The van der Waals surface area contributed by atoms with Gasteiger partial charge in [0.15, 0.2) is 0 Å². The second kappa shape index (κ2) is 2.94. The van der Waals surface area contributed by atoms with Gasteiger partial charge in [0.2, 0.25) is 6.29 Å². The number of carbonyl (C=O) groups excluding carboxylic acids is 1. The molecule has 1 saturated heterocycles. The minimum atomic E-state index is -0.144. The lowest BCUT2D eigenvalue weighted by atomic mass is 10.2. The molecule has 1 fully saturated rings. The summed E-state index contributed by atoms with van der Waals surface area (Å²) in [7, 11) is 0. The SMILES string of the molecule is O=[C]C1CCCN1CO. The summed E-state index contributed by atoms with van der Waals surface area (Å²) in [6, 6.07) is -0.144. The van der Waals surface area contributed by atoms with Gasteiger partial charge in [-0.2, -0.15) is 0 Å². The Morgan fingerprint density at radius 2 is 2.56 bits per heavy atom. The molecule has 0 bridgehead atoms. The first-order chi connectivity index (χ1) is 4.38. The molecule has 0 saturated carbocycles. The van der Waals surface area contributed by atoms with Crippen molar-refractivity contribution in [2.24, 2.45) is 0 Å². The van der Waals surface area contributed by atoms with Gasteiger partial charge in [0, 0.05) is 6.54 Å². The Hall–Kier alpha value is -0.410. The molecule has 1 unspecified atom stereocenters. The van der Waals surface area contributed by atoms with Crippen molar-refractivity contribution in [1.82, 2.24) is 4.90 Å². The third-order valence-electron chi connectivity index (χ3n) is 1.68. The zero-order chi connectivity index (χ0) is 6.69. The van der Waals surface area contributed by atoms with E-state index in [2.05, 4.69) is 0 Å². The van der Waals surface area contributed by atoms with Crippen LogP contribution in [0.15, 0.2) is 0 Å². The molecule has 0 spiro atoms. The maximum absolute atomic E-state index is 10.1. The summed E-state index contributed by atoms with van der Waals surface area (Å²) in [5, 5.41) is 8.61. The van der Waals surface area contributed by atoms with Crippen molar-refractivity contribution < 1.29 is 9.90 Å².